The number of nitrogens with one attached hydrogen (secondary N) is 2. The topological polar surface area (TPSA) is 54.0 Å². The number of anilines is 1. The molecule has 0 radical (unpaired) electrons. The minimum absolute atomic E-state index is 0.00979. The van der Waals surface area contributed by atoms with Gasteiger partial charge in [0.05, 0.1) is 0 Å². The van der Waals surface area contributed by atoms with Crippen LogP contribution in [0, 0.1) is 11.8 Å². The highest BCUT2D eigenvalue weighted by molar-refractivity contribution is 5.94. The van der Waals surface area contributed by atoms with Crippen molar-refractivity contribution in [1.82, 2.24) is 10.3 Å². The van der Waals surface area contributed by atoms with Gasteiger partial charge in [0.15, 0.2) is 0 Å². The van der Waals surface area contributed by atoms with Crippen molar-refractivity contribution >= 4 is 11.7 Å². The van der Waals surface area contributed by atoms with Crippen LogP contribution in [0.5, 0.6) is 0 Å². The fourth-order valence-electron chi connectivity index (χ4n) is 2.79. The molecule has 4 heteroatoms. The van der Waals surface area contributed by atoms with Gasteiger partial charge in [-0.2, -0.15) is 0 Å². The second kappa shape index (κ2) is 8.01. The largest absolute Gasteiger partial charge is 0.370 e. The van der Waals surface area contributed by atoms with Crippen LogP contribution < -0.4 is 10.6 Å². The first-order valence-electron chi connectivity index (χ1n) is 8.17. The standard InChI is InChI=1S/C17H27N3O/c1-3-9-18-16-11-15(8-10-19-16)17(21)20-12-14-6-4-13(2)5-7-14/h8,10-11,13-14H,3-7,9,12H2,1-2H3,(H,18,19)(H,20,21). The number of hydrogen-bond acceptors (Lipinski definition) is 3. The predicted octanol–water partition coefficient (Wildman–Crippen LogP) is 3.46. The highest BCUT2D eigenvalue weighted by Crippen LogP contribution is 2.27. The number of hydrogen-bond donors (Lipinski definition) is 2. The van der Waals surface area contributed by atoms with Crippen LogP contribution in [0.3, 0.4) is 0 Å². The lowest BCUT2D eigenvalue weighted by atomic mass is 9.83. The molecule has 116 valence electrons. The van der Waals surface area contributed by atoms with Gasteiger partial charge in [0, 0.05) is 24.8 Å². The Morgan fingerprint density at radius 3 is 2.81 bits per heavy atom. The van der Waals surface area contributed by atoms with Crippen molar-refractivity contribution in [2.45, 2.75) is 46.0 Å². The molecule has 1 aromatic rings. The van der Waals surface area contributed by atoms with Gasteiger partial charge in [-0.05, 0) is 43.2 Å². The van der Waals surface area contributed by atoms with E-state index in [9.17, 15) is 4.79 Å². The van der Waals surface area contributed by atoms with Crippen molar-refractivity contribution in [3.05, 3.63) is 23.9 Å². The van der Waals surface area contributed by atoms with Crippen LogP contribution >= 0.6 is 0 Å². The molecule has 1 heterocycles. The predicted molar refractivity (Wildman–Crippen MR) is 86.5 cm³/mol. The maximum absolute atomic E-state index is 12.2. The van der Waals surface area contributed by atoms with Crippen molar-refractivity contribution in [3.8, 4) is 0 Å². The molecule has 1 fully saturated rings. The molecule has 2 N–H and O–H groups in total. The van der Waals surface area contributed by atoms with E-state index >= 15 is 0 Å². The lowest BCUT2D eigenvalue weighted by Crippen LogP contribution is -2.31. The summed E-state index contributed by atoms with van der Waals surface area (Å²) in [6, 6.07) is 3.60. The van der Waals surface area contributed by atoms with Crippen molar-refractivity contribution in [1.29, 1.82) is 0 Å². The number of carbonyl (C=O) groups excluding carboxylic acids is 1. The Bertz CT molecular complexity index is 453. The molecule has 1 aliphatic rings. The lowest BCUT2D eigenvalue weighted by molar-refractivity contribution is 0.0942. The molecule has 21 heavy (non-hydrogen) atoms. The molecule has 4 nitrogen and oxygen atoms in total. The van der Waals surface area contributed by atoms with E-state index in [0.29, 0.717) is 11.5 Å². The van der Waals surface area contributed by atoms with Crippen LogP contribution in [-0.4, -0.2) is 24.0 Å². The first-order chi connectivity index (χ1) is 10.2. The number of nitrogens with zero attached hydrogens (tertiary/aromatic N) is 1. The first kappa shape index (κ1) is 15.8. The summed E-state index contributed by atoms with van der Waals surface area (Å²) in [6.45, 7) is 6.09. The summed E-state index contributed by atoms with van der Waals surface area (Å²) in [5.41, 5.74) is 0.688. The van der Waals surface area contributed by atoms with E-state index in [4.69, 9.17) is 0 Å². The summed E-state index contributed by atoms with van der Waals surface area (Å²) in [6.07, 6.45) is 7.79. The molecule has 1 saturated carbocycles. The van der Waals surface area contributed by atoms with E-state index in [1.165, 1.54) is 25.7 Å². The maximum atomic E-state index is 12.2. The Kier molecular flexibility index (Phi) is 6.03. The molecule has 1 amide bonds. The van der Waals surface area contributed by atoms with E-state index in [2.05, 4.69) is 29.5 Å². The monoisotopic (exact) mass is 289 g/mol. The number of carbonyl (C=O) groups is 1. The summed E-state index contributed by atoms with van der Waals surface area (Å²) in [5.74, 6) is 2.28. The SMILES string of the molecule is CCCNc1cc(C(=O)NCC2CCC(C)CC2)ccn1. The van der Waals surface area contributed by atoms with Gasteiger partial charge in [0.1, 0.15) is 5.82 Å². The van der Waals surface area contributed by atoms with Crippen LogP contribution in [0.15, 0.2) is 18.3 Å². The van der Waals surface area contributed by atoms with Crippen molar-refractivity contribution in [2.24, 2.45) is 11.8 Å². The van der Waals surface area contributed by atoms with Gasteiger partial charge in [-0.1, -0.05) is 26.7 Å². The first-order valence-corrected chi connectivity index (χ1v) is 8.17. The Morgan fingerprint density at radius 2 is 2.10 bits per heavy atom. The van der Waals surface area contributed by atoms with Crippen LogP contribution in [0.2, 0.25) is 0 Å². The van der Waals surface area contributed by atoms with Gasteiger partial charge in [-0.15, -0.1) is 0 Å². The highest BCUT2D eigenvalue weighted by atomic mass is 16.1. The second-order valence-corrected chi connectivity index (χ2v) is 6.19. The molecule has 0 aromatic carbocycles. The van der Waals surface area contributed by atoms with E-state index < -0.39 is 0 Å². The minimum atomic E-state index is 0.00979. The fraction of sp³-hybridized carbons (Fsp3) is 0.647. The van der Waals surface area contributed by atoms with Gasteiger partial charge in [0.25, 0.3) is 5.91 Å². The molecule has 0 spiro atoms. The van der Waals surface area contributed by atoms with Gasteiger partial charge in [0.2, 0.25) is 0 Å². The summed E-state index contributed by atoms with van der Waals surface area (Å²) < 4.78 is 0. The molecular formula is C17H27N3O. The Hall–Kier alpha value is -1.58. The van der Waals surface area contributed by atoms with Crippen molar-refractivity contribution < 1.29 is 4.79 Å². The van der Waals surface area contributed by atoms with E-state index in [0.717, 1.165) is 31.2 Å². The van der Waals surface area contributed by atoms with Gasteiger partial charge in [-0.3, -0.25) is 4.79 Å². The van der Waals surface area contributed by atoms with Gasteiger partial charge < -0.3 is 10.6 Å². The van der Waals surface area contributed by atoms with E-state index in [1.807, 2.05) is 6.07 Å². The smallest absolute Gasteiger partial charge is 0.251 e. The lowest BCUT2D eigenvalue weighted by Gasteiger charge is -2.26. The number of pyridine rings is 1. The summed E-state index contributed by atoms with van der Waals surface area (Å²) in [4.78, 5) is 16.4. The summed E-state index contributed by atoms with van der Waals surface area (Å²) >= 11 is 0. The van der Waals surface area contributed by atoms with E-state index in [-0.39, 0.29) is 5.91 Å². The van der Waals surface area contributed by atoms with Crippen molar-refractivity contribution in [2.75, 3.05) is 18.4 Å². The van der Waals surface area contributed by atoms with Crippen LogP contribution in [-0.2, 0) is 0 Å². The number of amides is 1. The molecule has 0 atom stereocenters. The molecule has 1 aliphatic carbocycles. The summed E-state index contributed by atoms with van der Waals surface area (Å²) in [5, 5.41) is 6.28. The highest BCUT2D eigenvalue weighted by Gasteiger charge is 2.18. The molecule has 2 rings (SSSR count). The third kappa shape index (κ3) is 5.03. The zero-order chi connectivity index (χ0) is 15.1. The Balaban J connectivity index is 1.82. The molecule has 0 aliphatic heterocycles. The Morgan fingerprint density at radius 1 is 1.33 bits per heavy atom. The third-order valence-electron chi connectivity index (χ3n) is 4.26. The Labute approximate surface area is 127 Å². The van der Waals surface area contributed by atoms with Gasteiger partial charge in [-0.25, -0.2) is 4.98 Å². The number of aromatic nitrogens is 1. The molecular weight excluding hydrogens is 262 g/mol. The molecule has 0 bridgehead atoms. The van der Waals surface area contributed by atoms with Crippen LogP contribution in [0.1, 0.15) is 56.3 Å². The van der Waals surface area contributed by atoms with Crippen LogP contribution in [0.4, 0.5) is 5.82 Å². The second-order valence-electron chi connectivity index (χ2n) is 6.19. The zero-order valence-electron chi connectivity index (χ0n) is 13.2. The van der Waals surface area contributed by atoms with E-state index in [1.54, 1.807) is 12.3 Å². The average Bonchev–Trinajstić information content (AvgIpc) is 2.52. The quantitative estimate of drug-likeness (QED) is 0.843. The normalized spacial score (nSPS) is 21.8. The van der Waals surface area contributed by atoms with Crippen molar-refractivity contribution in [3.63, 3.8) is 0 Å². The third-order valence-corrected chi connectivity index (χ3v) is 4.26. The number of rotatable bonds is 6. The summed E-state index contributed by atoms with van der Waals surface area (Å²) in [7, 11) is 0. The van der Waals surface area contributed by atoms with Gasteiger partial charge >= 0.3 is 0 Å². The maximum Gasteiger partial charge on any atom is 0.251 e. The molecule has 0 saturated heterocycles. The zero-order valence-corrected chi connectivity index (χ0v) is 13.2. The van der Waals surface area contributed by atoms with Crippen LogP contribution in [0.25, 0.3) is 0 Å². The fourth-order valence-corrected chi connectivity index (χ4v) is 2.79. The molecule has 0 unspecified atom stereocenters. The molecule has 1 aromatic heterocycles. The minimum Gasteiger partial charge on any atom is -0.370 e. The average molecular weight is 289 g/mol.